The van der Waals surface area contributed by atoms with Crippen molar-refractivity contribution in [3.8, 4) is 0 Å². The van der Waals surface area contributed by atoms with Gasteiger partial charge in [-0.2, -0.15) is 0 Å². The standard InChI is InChI=1S/C10H9BrN4O2/c1-12-9-7(4-6(11)5-13-9)10(16)14-8-2-3-17-15-8/h2-5H,1H3,(H,12,13)(H,14,15,16). The van der Waals surface area contributed by atoms with Crippen LogP contribution in [0.2, 0.25) is 0 Å². The third kappa shape index (κ3) is 2.62. The van der Waals surface area contributed by atoms with Gasteiger partial charge in [-0.3, -0.25) is 4.79 Å². The third-order valence-corrected chi connectivity index (χ3v) is 2.45. The molecule has 0 bridgehead atoms. The van der Waals surface area contributed by atoms with E-state index in [0.29, 0.717) is 17.2 Å². The predicted molar refractivity (Wildman–Crippen MR) is 65.9 cm³/mol. The second kappa shape index (κ2) is 4.96. The summed E-state index contributed by atoms with van der Waals surface area (Å²) in [6.45, 7) is 0. The molecule has 2 aromatic rings. The lowest BCUT2D eigenvalue weighted by atomic mass is 10.2. The topological polar surface area (TPSA) is 80.0 Å². The maximum Gasteiger partial charge on any atom is 0.260 e. The number of rotatable bonds is 3. The van der Waals surface area contributed by atoms with Gasteiger partial charge in [0.25, 0.3) is 5.91 Å². The SMILES string of the molecule is CNc1ncc(Br)cc1C(=O)Nc1ccon1. The number of anilines is 2. The zero-order valence-electron chi connectivity index (χ0n) is 8.90. The third-order valence-electron chi connectivity index (χ3n) is 2.02. The smallest absolute Gasteiger partial charge is 0.260 e. The summed E-state index contributed by atoms with van der Waals surface area (Å²) in [5.41, 5.74) is 0.421. The van der Waals surface area contributed by atoms with E-state index in [1.165, 1.54) is 6.26 Å². The van der Waals surface area contributed by atoms with Crippen LogP contribution in [-0.2, 0) is 0 Å². The van der Waals surface area contributed by atoms with Gasteiger partial charge in [0.05, 0.1) is 5.56 Å². The van der Waals surface area contributed by atoms with Crippen LogP contribution in [0.5, 0.6) is 0 Å². The van der Waals surface area contributed by atoms with E-state index >= 15 is 0 Å². The molecule has 1 amide bonds. The van der Waals surface area contributed by atoms with Crippen molar-refractivity contribution in [3.05, 3.63) is 34.6 Å². The lowest BCUT2D eigenvalue weighted by Gasteiger charge is -2.07. The summed E-state index contributed by atoms with van der Waals surface area (Å²) in [5, 5.41) is 9.04. The molecule has 0 atom stereocenters. The molecule has 2 rings (SSSR count). The highest BCUT2D eigenvalue weighted by Crippen LogP contribution is 2.18. The molecule has 0 aliphatic rings. The largest absolute Gasteiger partial charge is 0.372 e. The minimum absolute atomic E-state index is 0.308. The zero-order valence-corrected chi connectivity index (χ0v) is 10.5. The molecule has 0 aliphatic carbocycles. The Kier molecular flexibility index (Phi) is 3.38. The van der Waals surface area contributed by atoms with Crippen molar-refractivity contribution in [2.45, 2.75) is 0 Å². The molecule has 0 fully saturated rings. The Hall–Kier alpha value is -1.89. The van der Waals surface area contributed by atoms with Gasteiger partial charge in [0.15, 0.2) is 5.82 Å². The van der Waals surface area contributed by atoms with Crippen molar-refractivity contribution in [3.63, 3.8) is 0 Å². The summed E-state index contributed by atoms with van der Waals surface area (Å²) in [6.07, 6.45) is 2.99. The first-order chi connectivity index (χ1) is 8.20. The highest BCUT2D eigenvalue weighted by atomic mass is 79.9. The quantitative estimate of drug-likeness (QED) is 0.907. The lowest BCUT2D eigenvalue weighted by molar-refractivity contribution is 0.102. The number of halogens is 1. The van der Waals surface area contributed by atoms with Gasteiger partial charge >= 0.3 is 0 Å². The van der Waals surface area contributed by atoms with E-state index in [0.717, 1.165) is 4.47 Å². The van der Waals surface area contributed by atoms with Crippen molar-refractivity contribution in [1.29, 1.82) is 0 Å². The number of nitrogens with zero attached hydrogens (tertiary/aromatic N) is 2. The molecule has 2 aromatic heterocycles. The van der Waals surface area contributed by atoms with E-state index in [1.807, 2.05) is 0 Å². The van der Waals surface area contributed by atoms with Crippen LogP contribution in [-0.4, -0.2) is 23.1 Å². The Morgan fingerprint density at radius 3 is 3.00 bits per heavy atom. The van der Waals surface area contributed by atoms with E-state index in [9.17, 15) is 4.79 Å². The van der Waals surface area contributed by atoms with Crippen LogP contribution >= 0.6 is 15.9 Å². The van der Waals surface area contributed by atoms with Gasteiger partial charge in [0.2, 0.25) is 0 Å². The Morgan fingerprint density at radius 1 is 1.53 bits per heavy atom. The average Bonchev–Trinajstić information content (AvgIpc) is 2.81. The van der Waals surface area contributed by atoms with Crippen LogP contribution < -0.4 is 10.6 Å². The Bertz CT molecular complexity index is 527. The maximum atomic E-state index is 12.0. The fraction of sp³-hybridized carbons (Fsp3) is 0.100. The fourth-order valence-electron chi connectivity index (χ4n) is 1.27. The van der Waals surface area contributed by atoms with Crippen LogP contribution in [0.4, 0.5) is 11.6 Å². The number of nitrogens with one attached hydrogen (secondary N) is 2. The molecule has 0 radical (unpaired) electrons. The molecular weight excluding hydrogens is 288 g/mol. The van der Waals surface area contributed by atoms with Crippen LogP contribution in [0.3, 0.4) is 0 Å². The van der Waals surface area contributed by atoms with E-state index in [-0.39, 0.29) is 5.91 Å². The molecule has 0 spiro atoms. The summed E-state index contributed by atoms with van der Waals surface area (Å²) in [4.78, 5) is 16.0. The molecule has 2 heterocycles. The molecule has 0 saturated heterocycles. The summed E-state index contributed by atoms with van der Waals surface area (Å²) in [5.74, 6) is 0.545. The Morgan fingerprint density at radius 2 is 2.35 bits per heavy atom. The molecule has 17 heavy (non-hydrogen) atoms. The van der Waals surface area contributed by atoms with Crippen molar-refractivity contribution in [2.75, 3.05) is 17.7 Å². The molecule has 6 nitrogen and oxygen atoms in total. The second-order valence-electron chi connectivity index (χ2n) is 3.14. The molecular formula is C10H9BrN4O2. The van der Waals surface area contributed by atoms with Crippen LogP contribution in [0.15, 0.2) is 33.6 Å². The first-order valence-electron chi connectivity index (χ1n) is 4.75. The normalized spacial score (nSPS) is 10.0. The van der Waals surface area contributed by atoms with Crippen molar-refractivity contribution in [2.24, 2.45) is 0 Å². The van der Waals surface area contributed by atoms with Gasteiger partial charge in [-0.1, -0.05) is 5.16 Å². The zero-order chi connectivity index (χ0) is 12.3. The summed E-state index contributed by atoms with van der Waals surface area (Å²) in [7, 11) is 1.70. The monoisotopic (exact) mass is 296 g/mol. The fourth-order valence-corrected chi connectivity index (χ4v) is 1.60. The van der Waals surface area contributed by atoms with Crippen molar-refractivity contribution in [1.82, 2.24) is 10.1 Å². The maximum absolute atomic E-state index is 12.0. The minimum atomic E-state index is -0.308. The molecule has 2 N–H and O–H groups in total. The summed E-state index contributed by atoms with van der Waals surface area (Å²) >= 11 is 3.27. The lowest BCUT2D eigenvalue weighted by Crippen LogP contribution is -2.15. The van der Waals surface area contributed by atoms with E-state index in [2.05, 4.69) is 41.2 Å². The summed E-state index contributed by atoms with van der Waals surface area (Å²) < 4.78 is 5.35. The van der Waals surface area contributed by atoms with Crippen LogP contribution in [0.25, 0.3) is 0 Å². The first kappa shape index (κ1) is 11.6. The van der Waals surface area contributed by atoms with Gasteiger partial charge in [-0.15, -0.1) is 0 Å². The summed E-state index contributed by atoms with van der Waals surface area (Å²) in [6, 6.07) is 3.23. The predicted octanol–water partition coefficient (Wildman–Crippen LogP) is 2.13. The van der Waals surface area contributed by atoms with Gasteiger partial charge in [0, 0.05) is 23.8 Å². The van der Waals surface area contributed by atoms with Gasteiger partial charge in [-0.25, -0.2) is 4.98 Å². The molecule has 0 aliphatic heterocycles. The molecule has 88 valence electrons. The highest BCUT2D eigenvalue weighted by Gasteiger charge is 2.13. The number of aromatic nitrogens is 2. The Balaban J connectivity index is 2.26. The van der Waals surface area contributed by atoms with E-state index in [4.69, 9.17) is 0 Å². The number of pyridine rings is 1. The number of hydrogen-bond acceptors (Lipinski definition) is 5. The average molecular weight is 297 g/mol. The second-order valence-corrected chi connectivity index (χ2v) is 4.05. The number of hydrogen-bond donors (Lipinski definition) is 2. The Labute approximate surface area is 106 Å². The first-order valence-corrected chi connectivity index (χ1v) is 5.55. The molecule has 7 heteroatoms. The van der Waals surface area contributed by atoms with Gasteiger partial charge < -0.3 is 15.2 Å². The van der Waals surface area contributed by atoms with Gasteiger partial charge in [0.1, 0.15) is 12.1 Å². The van der Waals surface area contributed by atoms with Crippen LogP contribution in [0.1, 0.15) is 10.4 Å². The van der Waals surface area contributed by atoms with Crippen molar-refractivity contribution < 1.29 is 9.32 Å². The van der Waals surface area contributed by atoms with Crippen molar-refractivity contribution >= 4 is 33.5 Å². The molecule has 0 aromatic carbocycles. The van der Waals surface area contributed by atoms with E-state index < -0.39 is 0 Å². The number of amides is 1. The van der Waals surface area contributed by atoms with Gasteiger partial charge in [-0.05, 0) is 22.0 Å². The highest BCUT2D eigenvalue weighted by molar-refractivity contribution is 9.10. The van der Waals surface area contributed by atoms with Crippen LogP contribution in [0, 0.1) is 0 Å². The molecule has 0 unspecified atom stereocenters. The molecule has 0 saturated carbocycles. The number of carbonyl (C=O) groups excluding carboxylic acids is 1. The van der Waals surface area contributed by atoms with E-state index in [1.54, 1.807) is 25.4 Å². The minimum Gasteiger partial charge on any atom is -0.372 e. The number of carbonyl (C=O) groups is 1.